The number of piperidine rings is 1. The lowest BCUT2D eigenvalue weighted by molar-refractivity contribution is 0.00210. The summed E-state index contributed by atoms with van der Waals surface area (Å²) in [4.78, 5) is 20.7. The number of aromatic nitrogens is 1. The fraction of sp³-hybridized carbons (Fsp3) is 0.560. The van der Waals surface area contributed by atoms with E-state index in [1.165, 1.54) is 17.4 Å². The molecule has 1 fully saturated rings. The molecule has 1 saturated heterocycles. The smallest absolute Gasteiger partial charge is 0.322 e. The minimum atomic E-state index is -0.818. The minimum Gasteiger partial charge on any atom is -0.491 e. The first-order chi connectivity index (χ1) is 17.2. The number of carbonyl (C=O) groups excluding carboxylic acids is 1. The zero-order valence-corrected chi connectivity index (χ0v) is 21.9. The average Bonchev–Trinajstić information content (AvgIpc) is 3.36. The predicted octanol–water partition coefficient (Wildman–Crippen LogP) is 3.48. The van der Waals surface area contributed by atoms with Crippen LogP contribution in [0.2, 0.25) is 0 Å². The molecule has 0 saturated carbocycles. The Morgan fingerprint density at radius 1 is 1.36 bits per heavy atom. The van der Waals surface area contributed by atoms with Gasteiger partial charge in [-0.1, -0.05) is 19.9 Å². The number of hydrogen-bond acceptors (Lipinski definition) is 8. The molecule has 2 heterocycles. The van der Waals surface area contributed by atoms with Crippen LogP contribution in [0.1, 0.15) is 37.1 Å². The normalized spacial score (nSPS) is 15.4. The second-order valence-electron chi connectivity index (χ2n) is 9.23. The van der Waals surface area contributed by atoms with Gasteiger partial charge in [0.2, 0.25) is 0 Å². The van der Waals surface area contributed by atoms with Gasteiger partial charge in [-0.05, 0) is 31.5 Å². The van der Waals surface area contributed by atoms with Crippen LogP contribution < -0.4 is 10.1 Å². The van der Waals surface area contributed by atoms with Gasteiger partial charge in [0.15, 0.2) is 0 Å². The lowest BCUT2D eigenvalue weighted by Gasteiger charge is -2.32. The molecule has 3 N–H and O–H groups in total. The van der Waals surface area contributed by atoms with Crippen molar-refractivity contribution in [3.8, 4) is 5.75 Å². The molecule has 198 valence electrons. The number of benzene rings is 1. The third-order valence-corrected chi connectivity index (χ3v) is 6.84. The van der Waals surface area contributed by atoms with Crippen LogP contribution in [-0.4, -0.2) is 77.4 Å². The fourth-order valence-corrected chi connectivity index (χ4v) is 4.40. The summed E-state index contributed by atoms with van der Waals surface area (Å²) in [5, 5.41) is 20.8. The van der Waals surface area contributed by atoms with Gasteiger partial charge in [-0.25, -0.2) is 9.18 Å². The maximum Gasteiger partial charge on any atom is 0.322 e. The lowest BCUT2D eigenvalue weighted by Crippen LogP contribution is -2.48. The van der Waals surface area contributed by atoms with Gasteiger partial charge in [-0.2, -0.15) is 0 Å². The van der Waals surface area contributed by atoms with Crippen molar-refractivity contribution in [3.63, 3.8) is 0 Å². The van der Waals surface area contributed by atoms with E-state index in [1.54, 1.807) is 40.7 Å². The second kappa shape index (κ2) is 13.6. The molecule has 0 spiro atoms. The predicted molar refractivity (Wildman–Crippen MR) is 137 cm³/mol. The van der Waals surface area contributed by atoms with Crippen molar-refractivity contribution in [2.24, 2.45) is 5.92 Å². The SMILES string of the molecule is CC(C)C(=N)NC(=O)N1CCC(OCCOc2ccc(C[C@H](O)N(C)Cc3cncs3)c(F)c2)CC1. The molecule has 1 aromatic carbocycles. The van der Waals surface area contributed by atoms with Crippen molar-refractivity contribution in [2.75, 3.05) is 33.4 Å². The van der Waals surface area contributed by atoms with E-state index in [4.69, 9.17) is 14.9 Å². The Hall–Kier alpha value is -2.60. The number of hydrogen-bond donors (Lipinski definition) is 3. The molecule has 11 heteroatoms. The number of carbonyl (C=O) groups is 1. The molecular formula is C25H36FN5O4S. The third-order valence-electron chi connectivity index (χ3n) is 6.08. The van der Waals surface area contributed by atoms with Gasteiger partial charge in [0.25, 0.3) is 0 Å². The number of rotatable bonds is 11. The summed E-state index contributed by atoms with van der Waals surface area (Å²) in [7, 11) is 1.79. The van der Waals surface area contributed by atoms with Crippen molar-refractivity contribution in [3.05, 3.63) is 46.2 Å². The highest BCUT2D eigenvalue weighted by atomic mass is 32.1. The van der Waals surface area contributed by atoms with E-state index in [0.29, 0.717) is 50.4 Å². The fourth-order valence-electron chi connectivity index (χ4n) is 3.75. The maximum absolute atomic E-state index is 14.6. The molecule has 0 aliphatic carbocycles. The number of thiazole rings is 1. The summed E-state index contributed by atoms with van der Waals surface area (Å²) in [6, 6.07) is 4.42. The third kappa shape index (κ3) is 8.51. The number of urea groups is 1. The van der Waals surface area contributed by atoms with Crippen LogP contribution in [0, 0.1) is 17.1 Å². The molecule has 1 aromatic heterocycles. The van der Waals surface area contributed by atoms with Crippen molar-refractivity contribution in [1.82, 2.24) is 20.1 Å². The van der Waals surface area contributed by atoms with E-state index >= 15 is 0 Å². The monoisotopic (exact) mass is 521 g/mol. The number of aliphatic hydroxyl groups is 1. The Bertz CT molecular complexity index is 983. The number of ether oxygens (including phenoxy) is 2. The molecule has 36 heavy (non-hydrogen) atoms. The summed E-state index contributed by atoms with van der Waals surface area (Å²) in [5.41, 5.74) is 2.16. The first-order valence-electron chi connectivity index (χ1n) is 12.2. The van der Waals surface area contributed by atoms with E-state index in [0.717, 1.165) is 4.88 Å². The van der Waals surface area contributed by atoms with Crippen LogP contribution in [0.5, 0.6) is 5.75 Å². The Morgan fingerprint density at radius 2 is 2.11 bits per heavy atom. The summed E-state index contributed by atoms with van der Waals surface area (Å²) in [6.07, 6.45) is 2.57. The largest absolute Gasteiger partial charge is 0.491 e. The van der Waals surface area contributed by atoms with Crippen molar-refractivity contribution < 1.29 is 23.8 Å². The van der Waals surface area contributed by atoms with Crippen LogP contribution in [0.4, 0.5) is 9.18 Å². The molecule has 1 atom stereocenters. The lowest BCUT2D eigenvalue weighted by atomic mass is 10.1. The van der Waals surface area contributed by atoms with E-state index in [2.05, 4.69) is 10.3 Å². The molecule has 1 aliphatic heterocycles. The minimum absolute atomic E-state index is 0.0210. The average molecular weight is 522 g/mol. The van der Waals surface area contributed by atoms with Crippen LogP contribution in [-0.2, 0) is 17.7 Å². The number of aliphatic hydroxyl groups excluding tert-OH is 1. The van der Waals surface area contributed by atoms with Crippen molar-refractivity contribution >= 4 is 23.2 Å². The molecule has 0 unspecified atom stereocenters. The zero-order chi connectivity index (χ0) is 26.1. The van der Waals surface area contributed by atoms with Crippen molar-refractivity contribution in [2.45, 2.75) is 52.0 Å². The molecular weight excluding hydrogens is 485 g/mol. The Morgan fingerprint density at radius 3 is 2.75 bits per heavy atom. The summed E-state index contributed by atoms with van der Waals surface area (Å²) in [5.74, 6) is 0.184. The maximum atomic E-state index is 14.6. The number of amides is 2. The first-order valence-corrected chi connectivity index (χ1v) is 13.0. The van der Waals surface area contributed by atoms with E-state index in [9.17, 15) is 14.3 Å². The van der Waals surface area contributed by atoms with Gasteiger partial charge >= 0.3 is 6.03 Å². The molecule has 0 bridgehead atoms. The quantitative estimate of drug-likeness (QED) is 0.181. The molecule has 1 aliphatic rings. The number of amidine groups is 1. The summed E-state index contributed by atoms with van der Waals surface area (Å²) >= 11 is 1.51. The van der Waals surface area contributed by atoms with Crippen LogP contribution >= 0.6 is 11.3 Å². The first kappa shape index (κ1) is 28.0. The highest BCUT2D eigenvalue weighted by Crippen LogP contribution is 2.20. The van der Waals surface area contributed by atoms with Crippen LogP contribution in [0.25, 0.3) is 0 Å². The standard InChI is InChI=1S/C25H36FN5O4S/c1-17(2)24(27)29-25(33)31-8-6-19(7-9-31)34-10-11-35-20-5-4-18(22(26)13-20)12-23(32)30(3)15-21-14-28-16-36-21/h4-5,13-14,16-17,19,23,32H,6-12,15H2,1-3H3,(H2,27,29,33)/t23-/m0/s1. The molecule has 9 nitrogen and oxygen atoms in total. The summed E-state index contributed by atoms with van der Waals surface area (Å²) < 4.78 is 26.1. The Labute approximate surface area is 215 Å². The molecule has 3 rings (SSSR count). The van der Waals surface area contributed by atoms with Crippen LogP contribution in [0.3, 0.4) is 0 Å². The molecule has 2 amide bonds. The van der Waals surface area contributed by atoms with Gasteiger partial charge < -0.3 is 19.5 Å². The molecule has 2 aromatic rings. The number of nitrogens with zero attached hydrogens (tertiary/aromatic N) is 3. The highest BCUT2D eigenvalue weighted by molar-refractivity contribution is 7.09. The van der Waals surface area contributed by atoms with Gasteiger partial charge in [0.05, 0.1) is 18.2 Å². The van der Waals surface area contributed by atoms with Crippen LogP contribution in [0.15, 0.2) is 29.9 Å². The Kier molecular flexibility index (Phi) is 10.6. The van der Waals surface area contributed by atoms with E-state index in [1.807, 2.05) is 13.8 Å². The van der Waals surface area contributed by atoms with Gasteiger partial charge in [0.1, 0.15) is 30.2 Å². The summed E-state index contributed by atoms with van der Waals surface area (Å²) in [6.45, 7) is 6.06. The number of likely N-dealkylation sites (tertiary alicyclic amines) is 1. The van der Waals surface area contributed by atoms with Crippen molar-refractivity contribution in [1.29, 1.82) is 5.41 Å². The highest BCUT2D eigenvalue weighted by Gasteiger charge is 2.24. The van der Waals surface area contributed by atoms with E-state index in [-0.39, 0.29) is 36.9 Å². The number of likely N-dealkylation sites (N-methyl/N-ethyl adjacent to an activating group) is 1. The second-order valence-corrected chi connectivity index (χ2v) is 10.2. The zero-order valence-electron chi connectivity index (χ0n) is 21.1. The number of halogens is 1. The van der Waals surface area contributed by atoms with Gasteiger partial charge in [-0.15, -0.1) is 11.3 Å². The van der Waals surface area contributed by atoms with Gasteiger partial charge in [0, 0.05) is 49.1 Å². The molecule has 0 radical (unpaired) electrons. The number of nitrogens with one attached hydrogen (secondary N) is 2. The van der Waals surface area contributed by atoms with Gasteiger partial charge in [-0.3, -0.25) is 20.6 Å². The topological polar surface area (TPSA) is 111 Å². The Balaban J connectivity index is 1.34. The van der Waals surface area contributed by atoms with E-state index < -0.39 is 12.0 Å².